The minimum Gasteiger partial charge on any atom is -0.481 e. The summed E-state index contributed by atoms with van der Waals surface area (Å²) in [4.78, 5) is 27.0. The quantitative estimate of drug-likeness (QED) is 0.525. The Balaban J connectivity index is -0.0000000270. The third-order valence-electron chi connectivity index (χ3n) is 0. The van der Waals surface area contributed by atoms with Crippen LogP contribution in [0, 0.1) is 37.3 Å². The average Bonchev–Trinajstić information content (AvgIpc) is 1.54. The second-order valence-electron chi connectivity index (χ2n) is 1.56. The van der Waals surface area contributed by atoms with Crippen molar-refractivity contribution in [1.82, 2.24) is 0 Å². The van der Waals surface area contributed by atoms with Gasteiger partial charge in [-0.2, -0.15) is 0 Å². The summed E-state index contributed by atoms with van der Waals surface area (Å²) >= 11 is 0. The maximum atomic E-state index is 9.00. The molecule has 0 amide bonds. The second-order valence-corrected chi connectivity index (χ2v) is 1.56. The molecule has 0 aliphatic carbocycles. The predicted molar refractivity (Wildman–Crippen MR) is 43.5 cm³/mol. The van der Waals surface area contributed by atoms with Gasteiger partial charge in [0.25, 0.3) is 17.9 Å². The Labute approximate surface area is 111 Å². The van der Waals surface area contributed by atoms with Gasteiger partial charge < -0.3 is 20.8 Å². The molecule has 0 rings (SSSR count). The van der Waals surface area contributed by atoms with Gasteiger partial charge in [-0.3, -0.25) is 14.4 Å². The van der Waals surface area contributed by atoms with Crippen molar-refractivity contribution in [1.29, 1.82) is 0 Å². The van der Waals surface area contributed by atoms with E-state index in [0.29, 0.717) is 0 Å². The number of carboxylic acids is 3. The minimum absolute atomic E-state index is 0. The first kappa shape index (κ1) is 29.2. The van der Waals surface area contributed by atoms with Crippen LogP contribution in [0.4, 0.5) is 0 Å². The Bertz CT molecular complexity index is 116. The molecule has 0 aromatic rings. The van der Waals surface area contributed by atoms with Gasteiger partial charge in [0.15, 0.2) is 0 Å². The molecule has 0 aliphatic heterocycles. The SMILES string of the molecule is CC(=O)O.CC(=O)O.CC(=O)O.O.[Er]. The van der Waals surface area contributed by atoms with Crippen LogP contribution in [0.25, 0.3) is 0 Å². The molecule has 7 nitrogen and oxygen atoms in total. The fourth-order valence-electron chi connectivity index (χ4n) is 0. The van der Waals surface area contributed by atoms with Gasteiger partial charge in [-0.25, -0.2) is 0 Å². The Morgan fingerprint density at radius 1 is 0.714 bits per heavy atom. The first-order valence-corrected chi connectivity index (χ1v) is 2.78. The molecule has 92 valence electrons. The van der Waals surface area contributed by atoms with Gasteiger partial charge in [-0.1, -0.05) is 0 Å². The fourth-order valence-corrected chi connectivity index (χ4v) is 0. The van der Waals surface area contributed by atoms with Crippen molar-refractivity contribution in [2.45, 2.75) is 20.8 Å². The summed E-state index contributed by atoms with van der Waals surface area (Å²) in [6.07, 6.45) is 0. The largest absolute Gasteiger partial charge is 0.481 e. The summed E-state index contributed by atoms with van der Waals surface area (Å²) in [5, 5.41) is 22.2. The number of aliphatic carboxylic acids is 3. The summed E-state index contributed by atoms with van der Waals surface area (Å²) in [5.74, 6) is -2.50. The van der Waals surface area contributed by atoms with Crippen molar-refractivity contribution in [3.8, 4) is 0 Å². The molecule has 14 heavy (non-hydrogen) atoms. The third kappa shape index (κ3) is 8910. The molecule has 0 atom stereocenters. The van der Waals surface area contributed by atoms with Gasteiger partial charge >= 0.3 is 0 Å². The van der Waals surface area contributed by atoms with E-state index < -0.39 is 17.9 Å². The molecular formula is C6H14ErO7. The second kappa shape index (κ2) is 22.9. The number of carboxylic acid groups (broad SMARTS) is 3. The van der Waals surface area contributed by atoms with E-state index in [2.05, 4.69) is 0 Å². The number of rotatable bonds is 0. The summed E-state index contributed by atoms with van der Waals surface area (Å²) in [7, 11) is 0. The first-order chi connectivity index (χ1) is 5.20. The van der Waals surface area contributed by atoms with Gasteiger partial charge in [-0.15, -0.1) is 0 Å². The summed E-state index contributed by atoms with van der Waals surface area (Å²) in [5.41, 5.74) is 0. The molecule has 0 saturated heterocycles. The van der Waals surface area contributed by atoms with Crippen LogP contribution in [0.5, 0.6) is 0 Å². The standard InChI is InChI=1S/3C2H4O2.Er.H2O/c3*1-2(3)4;;/h3*1H3,(H,3,4);;1H2. The van der Waals surface area contributed by atoms with E-state index in [0.717, 1.165) is 20.8 Å². The number of carbonyl (C=O) groups is 3. The maximum Gasteiger partial charge on any atom is 0.300 e. The van der Waals surface area contributed by atoms with Gasteiger partial charge in [0.1, 0.15) is 0 Å². The van der Waals surface area contributed by atoms with Crippen molar-refractivity contribution in [2.75, 3.05) is 0 Å². The van der Waals surface area contributed by atoms with E-state index in [1.54, 1.807) is 0 Å². The smallest absolute Gasteiger partial charge is 0.300 e. The number of hydrogen-bond donors (Lipinski definition) is 3. The Morgan fingerprint density at radius 2 is 0.714 bits per heavy atom. The average molecular weight is 365 g/mol. The van der Waals surface area contributed by atoms with E-state index in [1.807, 2.05) is 0 Å². The monoisotopic (exact) mass is 364 g/mol. The van der Waals surface area contributed by atoms with Crippen LogP contribution in [0.3, 0.4) is 0 Å². The minimum atomic E-state index is -0.833. The van der Waals surface area contributed by atoms with E-state index in [1.165, 1.54) is 0 Å². The van der Waals surface area contributed by atoms with Crippen LogP contribution in [0.2, 0.25) is 0 Å². The molecule has 0 aromatic carbocycles. The van der Waals surface area contributed by atoms with E-state index in [9.17, 15) is 0 Å². The van der Waals surface area contributed by atoms with Crippen molar-refractivity contribution in [3.63, 3.8) is 0 Å². The number of hydrogen-bond acceptors (Lipinski definition) is 3. The molecule has 0 aromatic heterocycles. The van der Waals surface area contributed by atoms with Crippen LogP contribution >= 0.6 is 0 Å². The molecule has 8 heteroatoms. The van der Waals surface area contributed by atoms with Crippen molar-refractivity contribution >= 4 is 17.9 Å². The molecule has 0 radical (unpaired) electrons. The van der Waals surface area contributed by atoms with Gasteiger partial charge in [0, 0.05) is 58.1 Å². The normalized spacial score (nSPS) is 5.36. The molecule has 0 bridgehead atoms. The van der Waals surface area contributed by atoms with Crippen LogP contribution < -0.4 is 0 Å². The zero-order chi connectivity index (χ0) is 10.7. The van der Waals surface area contributed by atoms with Crippen molar-refractivity contribution in [2.24, 2.45) is 0 Å². The molecule has 0 unspecified atom stereocenters. The Kier molecular flexibility index (Phi) is 47.8. The summed E-state index contributed by atoms with van der Waals surface area (Å²) in [6.45, 7) is 3.25. The van der Waals surface area contributed by atoms with Crippen LogP contribution in [-0.2, 0) is 14.4 Å². The molecule has 0 saturated carbocycles. The van der Waals surface area contributed by atoms with Crippen LogP contribution in [-0.4, -0.2) is 38.7 Å². The molecule has 0 aliphatic rings. The molecular weight excluding hydrogens is 351 g/mol. The van der Waals surface area contributed by atoms with Crippen LogP contribution in [0.15, 0.2) is 0 Å². The van der Waals surface area contributed by atoms with Crippen LogP contribution in [0.1, 0.15) is 20.8 Å². The maximum absolute atomic E-state index is 9.00. The van der Waals surface area contributed by atoms with E-state index in [-0.39, 0.29) is 42.8 Å². The van der Waals surface area contributed by atoms with Crippen molar-refractivity contribution in [3.05, 3.63) is 0 Å². The zero-order valence-electron chi connectivity index (χ0n) is 7.86. The molecule has 5 N–H and O–H groups in total. The fraction of sp³-hybridized carbons (Fsp3) is 0.500. The predicted octanol–water partition coefficient (Wildman–Crippen LogP) is -0.552. The Hall–Kier alpha value is -0.383. The van der Waals surface area contributed by atoms with Gasteiger partial charge in [0.2, 0.25) is 0 Å². The molecule has 0 spiro atoms. The van der Waals surface area contributed by atoms with Gasteiger partial charge in [-0.05, 0) is 0 Å². The zero-order valence-corrected chi connectivity index (χ0v) is 9.71. The summed E-state index contributed by atoms with van der Waals surface area (Å²) in [6, 6.07) is 0. The topological polar surface area (TPSA) is 143 Å². The Morgan fingerprint density at radius 3 is 0.714 bits per heavy atom. The van der Waals surface area contributed by atoms with E-state index >= 15 is 0 Å². The van der Waals surface area contributed by atoms with E-state index in [4.69, 9.17) is 29.7 Å². The third-order valence-corrected chi connectivity index (χ3v) is 0. The summed E-state index contributed by atoms with van der Waals surface area (Å²) < 4.78 is 0. The molecule has 0 fully saturated rings. The molecule has 0 heterocycles. The van der Waals surface area contributed by atoms with Crippen molar-refractivity contribution < 1.29 is 72.5 Å². The van der Waals surface area contributed by atoms with Gasteiger partial charge in [0.05, 0.1) is 0 Å². The first-order valence-electron chi connectivity index (χ1n) is 2.78.